The topological polar surface area (TPSA) is 38.9 Å². The van der Waals surface area contributed by atoms with Crippen LogP contribution in [0, 0.1) is 5.82 Å². The van der Waals surface area contributed by atoms with Crippen LogP contribution in [0.15, 0.2) is 58.4 Å². The van der Waals surface area contributed by atoms with Crippen LogP contribution in [0.3, 0.4) is 0 Å². The summed E-state index contributed by atoms with van der Waals surface area (Å²) in [6.07, 6.45) is 0. The van der Waals surface area contributed by atoms with E-state index >= 15 is 0 Å². The van der Waals surface area contributed by atoms with Gasteiger partial charge in [0.25, 0.3) is 0 Å². The van der Waals surface area contributed by atoms with Gasteiger partial charge < -0.3 is 5.73 Å². The molecule has 1 unspecified atom stereocenters. The van der Waals surface area contributed by atoms with E-state index in [2.05, 4.69) is 20.9 Å². The molecule has 0 radical (unpaired) electrons. The Labute approximate surface area is 134 Å². The summed E-state index contributed by atoms with van der Waals surface area (Å²) in [5.41, 5.74) is 8.30. The number of halogens is 2. The van der Waals surface area contributed by atoms with Crippen LogP contribution in [-0.2, 0) is 0 Å². The first kappa shape index (κ1) is 14.4. The summed E-state index contributed by atoms with van der Waals surface area (Å²) in [7, 11) is 0. The van der Waals surface area contributed by atoms with Gasteiger partial charge in [0.2, 0.25) is 0 Å². The zero-order valence-electron chi connectivity index (χ0n) is 11.0. The molecule has 0 fully saturated rings. The molecule has 106 valence electrons. The van der Waals surface area contributed by atoms with E-state index in [1.165, 1.54) is 17.4 Å². The number of benzene rings is 2. The summed E-state index contributed by atoms with van der Waals surface area (Å²) < 4.78 is 14.7. The van der Waals surface area contributed by atoms with E-state index < -0.39 is 0 Å². The number of nitrogens with two attached hydrogens (primary N) is 1. The van der Waals surface area contributed by atoms with Crippen molar-refractivity contribution in [3.63, 3.8) is 0 Å². The minimum atomic E-state index is -0.292. The van der Waals surface area contributed by atoms with E-state index in [9.17, 15) is 4.39 Å². The Kier molecular flexibility index (Phi) is 4.14. The predicted octanol–water partition coefficient (Wildman–Crippen LogP) is 4.76. The van der Waals surface area contributed by atoms with Crippen LogP contribution in [0.5, 0.6) is 0 Å². The summed E-state index contributed by atoms with van der Waals surface area (Å²) >= 11 is 4.79. The van der Waals surface area contributed by atoms with Crippen LogP contribution >= 0.6 is 27.3 Å². The summed E-state index contributed by atoms with van der Waals surface area (Å²) in [5, 5.41) is 2.61. The zero-order chi connectivity index (χ0) is 14.8. The third-order valence-electron chi connectivity index (χ3n) is 3.15. The molecule has 0 aliphatic heterocycles. The van der Waals surface area contributed by atoms with Gasteiger partial charge in [0.1, 0.15) is 10.8 Å². The molecule has 2 N–H and O–H groups in total. The number of hydrogen-bond acceptors (Lipinski definition) is 3. The molecular formula is C16H12BrFN2S. The lowest BCUT2D eigenvalue weighted by molar-refractivity contribution is 0.630. The van der Waals surface area contributed by atoms with Crippen molar-refractivity contribution in [1.29, 1.82) is 0 Å². The van der Waals surface area contributed by atoms with Crippen LogP contribution in [0.1, 0.15) is 16.6 Å². The van der Waals surface area contributed by atoms with E-state index in [0.717, 1.165) is 15.0 Å². The maximum Gasteiger partial charge on any atom is 0.132 e. The zero-order valence-corrected chi connectivity index (χ0v) is 13.4. The van der Waals surface area contributed by atoms with Gasteiger partial charge in [-0.05, 0) is 23.8 Å². The van der Waals surface area contributed by atoms with E-state index in [1.807, 2.05) is 35.7 Å². The van der Waals surface area contributed by atoms with Crippen molar-refractivity contribution in [2.45, 2.75) is 6.04 Å². The molecule has 0 aliphatic rings. The first-order valence-electron chi connectivity index (χ1n) is 6.36. The molecule has 0 spiro atoms. The normalized spacial score (nSPS) is 12.3. The van der Waals surface area contributed by atoms with Crippen molar-refractivity contribution >= 4 is 27.3 Å². The van der Waals surface area contributed by atoms with Gasteiger partial charge in [-0.2, -0.15) is 0 Å². The number of rotatable bonds is 3. The monoisotopic (exact) mass is 362 g/mol. The van der Waals surface area contributed by atoms with Crippen LogP contribution < -0.4 is 5.73 Å². The molecule has 2 aromatic carbocycles. The molecule has 0 aliphatic carbocycles. The lowest BCUT2D eigenvalue weighted by atomic mass is 10.1. The minimum absolute atomic E-state index is 0.289. The van der Waals surface area contributed by atoms with Crippen molar-refractivity contribution in [2.24, 2.45) is 5.73 Å². The molecule has 5 heteroatoms. The highest BCUT2D eigenvalue weighted by Crippen LogP contribution is 2.30. The van der Waals surface area contributed by atoms with Crippen molar-refractivity contribution in [3.8, 4) is 11.3 Å². The number of aromatic nitrogens is 1. The maximum atomic E-state index is 13.9. The highest BCUT2D eigenvalue weighted by molar-refractivity contribution is 9.10. The fourth-order valence-corrected chi connectivity index (χ4v) is 3.26. The van der Waals surface area contributed by atoms with E-state index in [0.29, 0.717) is 11.3 Å². The summed E-state index contributed by atoms with van der Waals surface area (Å²) in [5.74, 6) is -0.289. The average Bonchev–Trinajstić information content (AvgIpc) is 2.99. The molecule has 2 nitrogen and oxygen atoms in total. The second kappa shape index (κ2) is 6.05. The molecule has 1 atom stereocenters. The Hall–Kier alpha value is -1.56. The van der Waals surface area contributed by atoms with Gasteiger partial charge in [0, 0.05) is 15.4 Å². The van der Waals surface area contributed by atoms with Crippen LogP contribution in [0.2, 0.25) is 0 Å². The first-order chi connectivity index (χ1) is 10.1. The Bertz CT molecular complexity index is 758. The van der Waals surface area contributed by atoms with Gasteiger partial charge in [-0.25, -0.2) is 9.37 Å². The summed E-state index contributed by atoms with van der Waals surface area (Å²) in [6, 6.07) is 14.3. The molecule has 0 amide bonds. The number of thiazole rings is 1. The van der Waals surface area contributed by atoms with Gasteiger partial charge in [0.05, 0.1) is 11.7 Å². The Morgan fingerprint density at radius 1 is 1.14 bits per heavy atom. The van der Waals surface area contributed by atoms with Crippen molar-refractivity contribution in [1.82, 2.24) is 4.98 Å². The van der Waals surface area contributed by atoms with Gasteiger partial charge >= 0.3 is 0 Å². The molecule has 0 bridgehead atoms. The third kappa shape index (κ3) is 3.05. The summed E-state index contributed by atoms with van der Waals surface area (Å²) in [6.45, 7) is 0. The average molecular weight is 363 g/mol. The minimum Gasteiger partial charge on any atom is -0.318 e. The maximum absolute atomic E-state index is 13.9. The van der Waals surface area contributed by atoms with Crippen LogP contribution in [0.4, 0.5) is 4.39 Å². The second-order valence-electron chi connectivity index (χ2n) is 4.58. The largest absolute Gasteiger partial charge is 0.318 e. The van der Waals surface area contributed by atoms with Crippen molar-refractivity contribution in [3.05, 3.63) is 74.8 Å². The van der Waals surface area contributed by atoms with E-state index in [-0.39, 0.29) is 11.9 Å². The number of nitrogens with zero attached hydrogens (tertiary/aromatic N) is 1. The fourth-order valence-electron chi connectivity index (χ4n) is 2.05. The van der Waals surface area contributed by atoms with Crippen LogP contribution in [0.25, 0.3) is 11.3 Å². The van der Waals surface area contributed by atoms with E-state index in [1.54, 1.807) is 12.1 Å². The molecule has 1 heterocycles. The summed E-state index contributed by atoms with van der Waals surface area (Å²) in [4.78, 5) is 4.49. The molecule has 0 saturated heterocycles. The van der Waals surface area contributed by atoms with Gasteiger partial charge in [-0.1, -0.05) is 46.3 Å². The smallest absolute Gasteiger partial charge is 0.132 e. The molecular weight excluding hydrogens is 351 g/mol. The van der Waals surface area contributed by atoms with Gasteiger partial charge in [0.15, 0.2) is 0 Å². The van der Waals surface area contributed by atoms with Crippen LogP contribution in [-0.4, -0.2) is 4.98 Å². The Morgan fingerprint density at radius 3 is 2.67 bits per heavy atom. The third-order valence-corrected chi connectivity index (χ3v) is 4.57. The van der Waals surface area contributed by atoms with E-state index in [4.69, 9.17) is 5.73 Å². The molecule has 1 aromatic heterocycles. The molecule has 0 saturated carbocycles. The lowest BCUT2D eigenvalue weighted by Crippen LogP contribution is -2.11. The molecule has 21 heavy (non-hydrogen) atoms. The van der Waals surface area contributed by atoms with Crippen molar-refractivity contribution < 1.29 is 4.39 Å². The predicted molar refractivity (Wildman–Crippen MR) is 87.7 cm³/mol. The standard InChI is InChI=1S/C16H12BrFN2S/c17-11-6-7-13(18)12(8-11)14-9-21-16(20-14)15(19)10-4-2-1-3-5-10/h1-9,15H,19H2. The molecule has 3 rings (SSSR count). The quantitative estimate of drug-likeness (QED) is 0.729. The highest BCUT2D eigenvalue weighted by Gasteiger charge is 2.15. The Balaban J connectivity index is 1.95. The first-order valence-corrected chi connectivity index (χ1v) is 8.04. The Morgan fingerprint density at radius 2 is 1.90 bits per heavy atom. The second-order valence-corrected chi connectivity index (χ2v) is 6.39. The van der Waals surface area contributed by atoms with Gasteiger partial charge in [-0.3, -0.25) is 0 Å². The fraction of sp³-hybridized carbons (Fsp3) is 0.0625. The SMILES string of the molecule is NC(c1ccccc1)c1nc(-c2cc(Br)ccc2F)cs1. The lowest BCUT2D eigenvalue weighted by Gasteiger charge is -2.08. The molecule has 3 aromatic rings. The number of hydrogen-bond donors (Lipinski definition) is 1. The van der Waals surface area contributed by atoms with Crippen molar-refractivity contribution in [2.75, 3.05) is 0 Å². The van der Waals surface area contributed by atoms with Gasteiger partial charge in [-0.15, -0.1) is 11.3 Å². The highest BCUT2D eigenvalue weighted by atomic mass is 79.9.